The van der Waals surface area contributed by atoms with E-state index in [-0.39, 0.29) is 0 Å². The van der Waals surface area contributed by atoms with Gasteiger partial charge in [-0.05, 0) is 35.3 Å². The van der Waals surface area contributed by atoms with Gasteiger partial charge in [0.25, 0.3) is 0 Å². The summed E-state index contributed by atoms with van der Waals surface area (Å²) in [5.41, 5.74) is 0.839. The van der Waals surface area contributed by atoms with Crippen LogP contribution >= 0.6 is 0 Å². The van der Waals surface area contributed by atoms with Crippen LogP contribution in [0, 0.1) is 5.92 Å². The van der Waals surface area contributed by atoms with Crippen molar-refractivity contribution in [2.45, 2.75) is 19.3 Å². The molecule has 0 unspecified atom stereocenters. The Morgan fingerprint density at radius 3 is 2.81 bits per heavy atom. The molecule has 3 heteroatoms. The van der Waals surface area contributed by atoms with E-state index in [9.17, 15) is 4.79 Å². The van der Waals surface area contributed by atoms with E-state index in [0.717, 1.165) is 40.5 Å². The number of fused-ring (bicyclic) bond motifs is 1. The SMILES string of the molecule is O=C(O)C=Cc1c(OCCC2CC2)ccc2ccccc12. The third-order valence-electron chi connectivity index (χ3n) is 3.80. The molecule has 1 fully saturated rings. The second-order valence-corrected chi connectivity index (χ2v) is 5.45. The summed E-state index contributed by atoms with van der Waals surface area (Å²) in [4.78, 5) is 10.8. The fraction of sp³-hybridized carbons (Fsp3) is 0.278. The second kappa shape index (κ2) is 6.00. The monoisotopic (exact) mass is 282 g/mol. The highest BCUT2D eigenvalue weighted by atomic mass is 16.5. The molecule has 1 N–H and O–H groups in total. The molecule has 1 saturated carbocycles. The van der Waals surface area contributed by atoms with Crippen molar-refractivity contribution < 1.29 is 14.6 Å². The van der Waals surface area contributed by atoms with Crippen molar-refractivity contribution >= 4 is 22.8 Å². The summed E-state index contributed by atoms with van der Waals surface area (Å²) in [6.45, 7) is 0.691. The molecule has 21 heavy (non-hydrogen) atoms. The van der Waals surface area contributed by atoms with Crippen LogP contribution in [0.5, 0.6) is 5.75 Å². The van der Waals surface area contributed by atoms with Gasteiger partial charge in [0.05, 0.1) is 6.61 Å². The summed E-state index contributed by atoms with van der Waals surface area (Å²) in [6.07, 6.45) is 6.49. The minimum atomic E-state index is -0.952. The molecular weight excluding hydrogens is 264 g/mol. The van der Waals surface area contributed by atoms with Crippen molar-refractivity contribution in [3.63, 3.8) is 0 Å². The smallest absolute Gasteiger partial charge is 0.328 e. The molecule has 0 bridgehead atoms. The van der Waals surface area contributed by atoms with Crippen molar-refractivity contribution in [1.82, 2.24) is 0 Å². The molecule has 0 radical (unpaired) electrons. The number of rotatable bonds is 6. The van der Waals surface area contributed by atoms with Gasteiger partial charge in [-0.1, -0.05) is 43.2 Å². The molecule has 108 valence electrons. The zero-order valence-electron chi connectivity index (χ0n) is 11.8. The highest BCUT2D eigenvalue weighted by molar-refractivity contribution is 5.96. The van der Waals surface area contributed by atoms with Gasteiger partial charge in [-0.2, -0.15) is 0 Å². The predicted octanol–water partition coefficient (Wildman–Crippen LogP) is 4.12. The van der Waals surface area contributed by atoms with Crippen molar-refractivity contribution in [2.75, 3.05) is 6.61 Å². The lowest BCUT2D eigenvalue weighted by molar-refractivity contribution is -0.131. The van der Waals surface area contributed by atoms with Crippen LogP contribution in [-0.4, -0.2) is 17.7 Å². The molecule has 1 aliphatic carbocycles. The molecule has 0 spiro atoms. The first-order valence-corrected chi connectivity index (χ1v) is 7.29. The highest BCUT2D eigenvalue weighted by Crippen LogP contribution is 2.33. The minimum absolute atomic E-state index is 0.691. The molecule has 0 aliphatic heterocycles. The molecule has 2 aromatic carbocycles. The number of hydrogen-bond donors (Lipinski definition) is 1. The van der Waals surface area contributed by atoms with Gasteiger partial charge in [-0.3, -0.25) is 0 Å². The quantitative estimate of drug-likeness (QED) is 0.811. The van der Waals surface area contributed by atoms with Gasteiger partial charge in [0.15, 0.2) is 0 Å². The molecule has 3 nitrogen and oxygen atoms in total. The zero-order chi connectivity index (χ0) is 14.7. The first-order chi connectivity index (χ1) is 10.2. The van der Waals surface area contributed by atoms with E-state index in [0.29, 0.717) is 6.61 Å². The average molecular weight is 282 g/mol. The summed E-state index contributed by atoms with van der Waals surface area (Å²) in [7, 11) is 0. The Labute approximate surface area is 123 Å². The van der Waals surface area contributed by atoms with Crippen LogP contribution in [0.25, 0.3) is 16.8 Å². The minimum Gasteiger partial charge on any atom is -0.493 e. The van der Waals surface area contributed by atoms with Gasteiger partial charge >= 0.3 is 5.97 Å². The zero-order valence-corrected chi connectivity index (χ0v) is 11.8. The standard InChI is InChI=1S/C18H18O3/c19-18(20)10-8-16-15-4-2-1-3-14(15)7-9-17(16)21-12-11-13-5-6-13/h1-4,7-10,13H,5-6,11-12H2,(H,19,20). The summed E-state index contributed by atoms with van der Waals surface area (Å²) in [5.74, 6) is 0.627. The molecule has 0 amide bonds. The van der Waals surface area contributed by atoms with Crippen LogP contribution < -0.4 is 4.74 Å². The average Bonchev–Trinajstić information content (AvgIpc) is 3.29. The number of carboxylic acid groups (broad SMARTS) is 1. The second-order valence-electron chi connectivity index (χ2n) is 5.45. The van der Waals surface area contributed by atoms with Gasteiger partial charge < -0.3 is 9.84 Å². The third kappa shape index (κ3) is 3.43. The van der Waals surface area contributed by atoms with E-state index in [1.54, 1.807) is 6.08 Å². The van der Waals surface area contributed by atoms with E-state index in [2.05, 4.69) is 0 Å². The van der Waals surface area contributed by atoms with Crippen LogP contribution in [-0.2, 0) is 4.79 Å². The molecule has 0 aromatic heterocycles. The Hall–Kier alpha value is -2.29. The first-order valence-electron chi connectivity index (χ1n) is 7.29. The fourth-order valence-corrected chi connectivity index (χ4v) is 2.47. The van der Waals surface area contributed by atoms with Crippen LogP contribution in [0.2, 0.25) is 0 Å². The van der Waals surface area contributed by atoms with Crippen molar-refractivity contribution in [2.24, 2.45) is 5.92 Å². The van der Waals surface area contributed by atoms with Crippen LogP contribution in [0.4, 0.5) is 0 Å². The first kappa shape index (κ1) is 13.7. The topological polar surface area (TPSA) is 46.5 Å². The molecule has 0 atom stereocenters. The Balaban J connectivity index is 1.92. The maximum Gasteiger partial charge on any atom is 0.328 e. The van der Waals surface area contributed by atoms with Gasteiger partial charge in [0, 0.05) is 11.6 Å². The lowest BCUT2D eigenvalue weighted by atomic mass is 10.0. The molecule has 3 rings (SSSR count). The van der Waals surface area contributed by atoms with Gasteiger partial charge in [-0.25, -0.2) is 4.79 Å². The van der Waals surface area contributed by atoms with E-state index in [1.807, 2.05) is 36.4 Å². The van der Waals surface area contributed by atoms with Crippen LogP contribution in [0.3, 0.4) is 0 Å². The lowest BCUT2D eigenvalue weighted by Crippen LogP contribution is -2.00. The summed E-state index contributed by atoms with van der Waals surface area (Å²) in [5, 5.41) is 11.0. The summed E-state index contributed by atoms with van der Waals surface area (Å²) in [6, 6.07) is 11.9. The van der Waals surface area contributed by atoms with Crippen molar-refractivity contribution in [1.29, 1.82) is 0 Å². The highest BCUT2D eigenvalue weighted by Gasteiger charge is 2.20. The number of aliphatic carboxylic acids is 1. The van der Waals surface area contributed by atoms with Crippen molar-refractivity contribution in [3.8, 4) is 5.75 Å². The number of carboxylic acids is 1. The van der Waals surface area contributed by atoms with Gasteiger partial charge in [0.2, 0.25) is 0 Å². The third-order valence-corrected chi connectivity index (χ3v) is 3.80. The fourth-order valence-electron chi connectivity index (χ4n) is 2.47. The molecule has 0 heterocycles. The van der Waals surface area contributed by atoms with E-state index < -0.39 is 5.97 Å². The number of benzene rings is 2. The Morgan fingerprint density at radius 2 is 2.05 bits per heavy atom. The number of carbonyl (C=O) groups is 1. The maximum atomic E-state index is 10.8. The summed E-state index contributed by atoms with van der Waals surface area (Å²) >= 11 is 0. The van der Waals surface area contributed by atoms with Gasteiger partial charge in [0.1, 0.15) is 5.75 Å². The van der Waals surface area contributed by atoms with Crippen LogP contribution in [0.15, 0.2) is 42.5 Å². The van der Waals surface area contributed by atoms with Crippen LogP contribution in [0.1, 0.15) is 24.8 Å². The van der Waals surface area contributed by atoms with Gasteiger partial charge in [-0.15, -0.1) is 0 Å². The van der Waals surface area contributed by atoms with E-state index in [1.165, 1.54) is 12.8 Å². The molecule has 1 aliphatic rings. The summed E-state index contributed by atoms with van der Waals surface area (Å²) < 4.78 is 5.88. The molecule has 0 saturated heterocycles. The Kier molecular flexibility index (Phi) is 3.91. The number of ether oxygens (including phenoxy) is 1. The molecular formula is C18H18O3. The maximum absolute atomic E-state index is 10.8. The molecule has 2 aromatic rings. The van der Waals surface area contributed by atoms with E-state index in [4.69, 9.17) is 9.84 Å². The van der Waals surface area contributed by atoms with Crippen molar-refractivity contribution in [3.05, 3.63) is 48.0 Å². The predicted molar refractivity (Wildman–Crippen MR) is 83.5 cm³/mol. The largest absolute Gasteiger partial charge is 0.493 e. The number of hydrogen-bond acceptors (Lipinski definition) is 2. The Bertz CT molecular complexity index is 684. The lowest BCUT2D eigenvalue weighted by Gasteiger charge is -2.11. The van der Waals surface area contributed by atoms with E-state index >= 15 is 0 Å². The normalized spacial score (nSPS) is 14.7. The Morgan fingerprint density at radius 1 is 1.24 bits per heavy atom.